The Hall–Kier alpha value is -1.66. The quantitative estimate of drug-likeness (QED) is 0.882. The third-order valence-electron chi connectivity index (χ3n) is 3.33. The first-order valence-corrected chi connectivity index (χ1v) is 6.98. The summed E-state index contributed by atoms with van der Waals surface area (Å²) in [7, 11) is 0. The number of aromatic nitrogens is 4. The molecule has 1 aliphatic heterocycles. The molecule has 1 aliphatic rings. The molecule has 7 heteroatoms. The van der Waals surface area contributed by atoms with Gasteiger partial charge in [-0.05, 0) is 19.8 Å². The molecule has 0 radical (unpaired) electrons. The van der Waals surface area contributed by atoms with Crippen LogP contribution in [0.1, 0.15) is 24.4 Å². The maximum absolute atomic E-state index is 5.98. The van der Waals surface area contributed by atoms with E-state index in [1.165, 1.54) is 0 Å². The van der Waals surface area contributed by atoms with Gasteiger partial charge in [0.15, 0.2) is 0 Å². The first-order chi connectivity index (χ1) is 9.72. The van der Waals surface area contributed by atoms with E-state index >= 15 is 0 Å². The molecule has 0 unspecified atom stereocenters. The van der Waals surface area contributed by atoms with Crippen molar-refractivity contribution in [3.63, 3.8) is 0 Å². The van der Waals surface area contributed by atoms with Crippen molar-refractivity contribution in [3.05, 3.63) is 29.3 Å². The molecule has 0 bridgehead atoms. The Morgan fingerprint density at radius 2 is 2.15 bits per heavy atom. The topological polar surface area (TPSA) is 64.9 Å². The highest BCUT2D eigenvalue weighted by Gasteiger charge is 2.16. The zero-order valence-corrected chi connectivity index (χ0v) is 12.0. The van der Waals surface area contributed by atoms with E-state index in [4.69, 9.17) is 16.3 Å². The van der Waals surface area contributed by atoms with Crippen molar-refractivity contribution in [2.45, 2.75) is 25.8 Å². The fraction of sp³-hybridized carbons (Fsp3) is 0.462. The van der Waals surface area contributed by atoms with Crippen molar-refractivity contribution in [3.8, 4) is 0 Å². The Kier molecular flexibility index (Phi) is 3.84. The predicted octanol–water partition coefficient (Wildman–Crippen LogP) is 2.73. The largest absolute Gasteiger partial charge is 0.381 e. The number of nitrogens with zero attached hydrogens (tertiary/aromatic N) is 4. The van der Waals surface area contributed by atoms with Crippen LogP contribution >= 0.6 is 11.6 Å². The van der Waals surface area contributed by atoms with Gasteiger partial charge >= 0.3 is 0 Å². The first-order valence-electron chi connectivity index (χ1n) is 6.60. The second-order valence-electron chi connectivity index (χ2n) is 4.84. The third-order valence-corrected chi connectivity index (χ3v) is 3.72. The number of hydrogen-bond acceptors (Lipinski definition) is 5. The molecule has 0 aliphatic carbocycles. The van der Waals surface area contributed by atoms with Crippen LogP contribution in [0.15, 0.2) is 18.6 Å². The molecule has 20 heavy (non-hydrogen) atoms. The van der Waals surface area contributed by atoms with Crippen molar-refractivity contribution in [1.29, 1.82) is 0 Å². The minimum Gasteiger partial charge on any atom is -0.381 e. The van der Waals surface area contributed by atoms with Gasteiger partial charge in [-0.1, -0.05) is 11.6 Å². The van der Waals surface area contributed by atoms with Crippen LogP contribution in [0.25, 0.3) is 0 Å². The lowest BCUT2D eigenvalue weighted by molar-refractivity contribution is 0.0662. The molecule has 0 saturated carbocycles. The van der Waals surface area contributed by atoms with Gasteiger partial charge in [-0.15, -0.1) is 0 Å². The van der Waals surface area contributed by atoms with E-state index in [9.17, 15) is 0 Å². The predicted molar refractivity (Wildman–Crippen MR) is 76.4 cm³/mol. The van der Waals surface area contributed by atoms with Crippen molar-refractivity contribution >= 4 is 23.2 Å². The van der Waals surface area contributed by atoms with E-state index < -0.39 is 0 Å². The third kappa shape index (κ3) is 2.91. The Bertz CT molecular complexity index is 594. The van der Waals surface area contributed by atoms with Gasteiger partial charge in [0.2, 0.25) is 5.95 Å². The summed E-state index contributed by atoms with van der Waals surface area (Å²) in [6.45, 7) is 3.46. The van der Waals surface area contributed by atoms with Gasteiger partial charge in [0.1, 0.15) is 5.15 Å². The molecule has 1 N–H and O–H groups in total. The summed E-state index contributed by atoms with van der Waals surface area (Å²) in [4.78, 5) is 8.37. The van der Waals surface area contributed by atoms with Crippen molar-refractivity contribution in [1.82, 2.24) is 19.7 Å². The number of aryl methyl sites for hydroxylation is 1. The van der Waals surface area contributed by atoms with Gasteiger partial charge in [0.25, 0.3) is 0 Å². The van der Waals surface area contributed by atoms with Gasteiger partial charge in [-0.2, -0.15) is 5.10 Å². The number of anilines is 2. The van der Waals surface area contributed by atoms with E-state index in [0.29, 0.717) is 17.1 Å². The molecule has 0 amide bonds. The fourth-order valence-corrected chi connectivity index (χ4v) is 2.29. The van der Waals surface area contributed by atoms with Gasteiger partial charge < -0.3 is 10.1 Å². The second-order valence-corrected chi connectivity index (χ2v) is 5.20. The molecule has 1 saturated heterocycles. The number of nitrogens with one attached hydrogen (secondary N) is 1. The Morgan fingerprint density at radius 1 is 1.35 bits per heavy atom. The SMILES string of the molecule is Cc1cnc(Nc2cnn(C3CCOCC3)c2)nc1Cl. The molecular weight excluding hydrogens is 278 g/mol. The summed E-state index contributed by atoms with van der Waals surface area (Å²) in [6, 6.07) is 0.404. The summed E-state index contributed by atoms with van der Waals surface area (Å²) in [5.74, 6) is 0.479. The number of rotatable bonds is 3. The van der Waals surface area contributed by atoms with E-state index in [0.717, 1.165) is 37.3 Å². The van der Waals surface area contributed by atoms with E-state index in [2.05, 4.69) is 20.4 Å². The number of halogens is 1. The van der Waals surface area contributed by atoms with Gasteiger partial charge in [-0.3, -0.25) is 4.68 Å². The Morgan fingerprint density at radius 3 is 2.90 bits per heavy atom. The summed E-state index contributed by atoms with van der Waals surface area (Å²) in [6.07, 6.45) is 7.42. The Labute approximate surface area is 122 Å². The highest BCUT2D eigenvalue weighted by molar-refractivity contribution is 6.30. The average molecular weight is 294 g/mol. The van der Waals surface area contributed by atoms with Crippen LogP contribution in [-0.4, -0.2) is 33.0 Å². The minimum atomic E-state index is 0.404. The summed E-state index contributed by atoms with van der Waals surface area (Å²) >= 11 is 5.98. The molecule has 0 spiro atoms. The fourth-order valence-electron chi connectivity index (χ4n) is 2.16. The monoisotopic (exact) mass is 293 g/mol. The van der Waals surface area contributed by atoms with Crippen LogP contribution in [0.4, 0.5) is 11.6 Å². The zero-order chi connectivity index (χ0) is 13.9. The zero-order valence-electron chi connectivity index (χ0n) is 11.2. The summed E-state index contributed by atoms with van der Waals surface area (Å²) in [5.41, 5.74) is 1.71. The van der Waals surface area contributed by atoms with Crippen LogP contribution < -0.4 is 5.32 Å². The second kappa shape index (κ2) is 5.76. The highest BCUT2D eigenvalue weighted by Crippen LogP contribution is 2.22. The smallest absolute Gasteiger partial charge is 0.228 e. The van der Waals surface area contributed by atoms with Gasteiger partial charge in [0, 0.05) is 31.2 Å². The molecule has 3 heterocycles. The summed E-state index contributed by atoms with van der Waals surface area (Å²) < 4.78 is 7.33. The molecule has 6 nitrogen and oxygen atoms in total. The lowest BCUT2D eigenvalue weighted by atomic mass is 10.1. The molecule has 0 aromatic carbocycles. The molecular formula is C13H16ClN5O. The minimum absolute atomic E-state index is 0.404. The van der Waals surface area contributed by atoms with Crippen molar-refractivity contribution in [2.24, 2.45) is 0 Å². The molecule has 106 valence electrons. The molecule has 1 fully saturated rings. The van der Waals surface area contributed by atoms with Crippen LogP contribution in [0.2, 0.25) is 5.15 Å². The van der Waals surface area contributed by atoms with Gasteiger partial charge in [0.05, 0.1) is 17.9 Å². The van der Waals surface area contributed by atoms with Crippen molar-refractivity contribution in [2.75, 3.05) is 18.5 Å². The van der Waals surface area contributed by atoms with E-state index in [-0.39, 0.29) is 0 Å². The highest BCUT2D eigenvalue weighted by atomic mass is 35.5. The first kappa shape index (κ1) is 13.3. The van der Waals surface area contributed by atoms with Crippen LogP contribution in [0.3, 0.4) is 0 Å². The maximum Gasteiger partial charge on any atom is 0.228 e. The van der Waals surface area contributed by atoms with Crippen LogP contribution in [0.5, 0.6) is 0 Å². The van der Waals surface area contributed by atoms with Crippen LogP contribution in [-0.2, 0) is 4.74 Å². The molecule has 3 rings (SSSR count). The summed E-state index contributed by atoms with van der Waals surface area (Å²) in [5, 5.41) is 7.95. The molecule has 2 aromatic heterocycles. The number of ether oxygens (including phenoxy) is 1. The Balaban J connectivity index is 1.71. The normalized spacial score (nSPS) is 16.3. The van der Waals surface area contributed by atoms with Gasteiger partial charge in [-0.25, -0.2) is 9.97 Å². The lowest BCUT2D eigenvalue weighted by Crippen LogP contribution is -2.19. The maximum atomic E-state index is 5.98. The van der Waals surface area contributed by atoms with E-state index in [1.807, 2.05) is 17.8 Å². The standard InChI is InChI=1S/C13H16ClN5O/c1-9-6-15-13(18-12(9)14)17-10-7-16-19(8-10)11-2-4-20-5-3-11/h6-8,11H,2-5H2,1H3,(H,15,17,18). The number of hydrogen-bond donors (Lipinski definition) is 1. The van der Waals surface area contributed by atoms with E-state index in [1.54, 1.807) is 12.4 Å². The van der Waals surface area contributed by atoms with Crippen LogP contribution in [0, 0.1) is 6.92 Å². The molecule has 2 aromatic rings. The average Bonchev–Trinajstić information content (AvgIpc) is 2.92. The van der Waals surface area contributed by atoms with Crippen molar-refractivity contribution < 1.29 is 4.74 Å². The lowest BCUT2D eigenvalue weighted by Gasteiger charge is -2.22. The molecule has 0 atom stereocenters.